The van der Waals surface area contributed by atoms with Gasteiger partial charge >= 0.3 is 0 Å². The Hall–Kier alpha value is -1.52. The zero-order valence-electron chi connectivity index (χ0n) is 18.2. The molecule has 0 aliphatic carbocycles. The molecule has 2 nitrogen and oxygen atoms in total. The molecule has 0 saturated heterocycles. The van der Waals surface area contributed by atoms with Crippen molar-refractivity contribution in [3.05, 3.63) is 74.2 Å². The van der Waals surface area contributed by atoms with Crippen LogP contribution in [0.25, 0.3) is 0 Å². The van der Waals surface area contributed by atoms with E-state index < -0.39 is 0 Å². The highest BCUT2D eigenvalue weighted by molar-refractivity contribution is 9.10. The van der Waals surface area contributed by atoms with Crippen LogP contribution in [0.15, 0.2) is 68.6 Å². The average Bonchev–Trinajstić information content (AvgIpc) is 3.23. The van der Waals surface area contributed by atoms with Crippen molar-refractivity contribution in [2.24, 2.45) is 4.99 Å². The van der Waals surface area contributed by atoms with E-state index >= 15 is 0 Å². The molecule has 2 aromatic rings. The van der Waals surface area contributed by atoms with Crippen LogP contribution < -0.4 is 0 Å². The van der Waals surface area contributed by atoms with Gasteiger partial charge in [-0.05, 0) is 55.9 Å². The minimum absolute atomic E-state index is 0.0739. The molecule has 4 heteroatoms. The fraction of sp³-hybridized carbons (Fsp3) is 0.440. The average molecular weight is 474 g/mol. The van der Waals surface area contributed by atoms with E-state index in [-0.39, 0.29) is 6.04 Å². The third kappa shape index (κ3) is 6.75. The van der Waals surface area contributed by atoms with Crippen LogP contribution in [0.2, 0.25) is 0 Å². The maximum Gasteiger partial charge on any atom is 0.136 e. The molecule has 156 valence electrons. The zero-order valence-corrected chi connectivity index (χ0v) is 20.6. The minimum atomic E-state index is -0.0739. The Kier molecular flexibility index (Phi) is 10.0. The van der Waals surface area contributed by atoms with E-state index in [2.05, 4.69) is 79.5 Å². The quantitative estimate of drug-likeness (QED) is 0.182. The molecule has 0 spiro atoms. The number of hydrogen-bond donors (Lipinski definition) is 0. The highest BCUT2D eigenvalue weighted by Gasteiger charge is 2.23. The second kappa shape index (κ2) is 12.2. The van der Waals surface area contributed by atoms with Crippen LogP contribution in [0.4, 0.5) is 0 Å². The molecule has 1 aromatic carbocycles. The molecule has 0 bridgehead atoms. The Morgan fingerprint density at radius 2 is 1.90 bits per heavy atom. The summed E-state index contributed by atoms with van der Waals surface area (Å²) >= 11 is 5.41. The third-order valence-electron chi connectivity index (χ3n) is 5.09. The summed E-state index contributed by atoms with van der Waals surface area (Å²) in [6, 6.07) is 8.35. The van der Waals surface area contributed by atoms with Gasteiger partial charge < -0.3 is 0 Å². The van der Waals surface area contributed by atoms with Crippen molar-refractivity contribution in [3.63, 3.8) is 0 Å². The smallest absolute Gasteiger partial charge is 0.136 e. The fourth-order valence-corrected chi connectivity index (χ4v) is 4.67. The van der Waals surface area contributed by atoms with Crippen LogP contribution in [-0.2, 0) is 0 Å². The molecule has 29 heavy (non-hydrogen) atoms. The van der Waals surface area contributed by atoms with Gasteiger partial charge in [0.1, 0.15) is 11.0 Å². The summed E-state index contributed by atoms with van der Waals surface area (Å²) in [5.41, 5.74) is 6.08. The van der Waals surface area contributed by atoms with E-state index in [9.17, 15) is 0 Å². The maximum absolute atomic E-state index is 5.22. The first-order chi connectivity index (χ1) is 14.0. The van der Waals surface area contributed by atoms with Gasteiger partial charge in [0.05, 0.1) is 5.71 Å². The van der Waals surface area contributed by atoms with Crippen molar-refractivity contribution < 1.29 is 0 Å². The Morgan fingerprint density at radius 3 is 2.52 bits per heavy atom. The molecule has 1 heterocycles. The molecule has 0 radical (unpaired) electrons. The van der Waals surface area contributed by atoms with E-state index in [0.717, 1.165) is 34.5 Å². The third-order valence-corrected chi connectivity index (χ3v) is 6.69. The molecule has 1 unspecified atom stereocenters. The van der Waals surface area contributed by atoms with Crippen molar-refractivity contribution in [2.45, 2.75) is 72.3 Å². The number of thiazole rings is 1. The van der Waals surface area contributed by atoms with Gasteiger partial charge in [-0.2, -0.15) is 0 Å². The van der Waals surface area contributed by atoms with Crippen LogP contribution >= 0.6 is 27.3 Å². The predicted octanol–water partition coefficient (Wildman–Crippen LogP) is 8.71. The van der Waals surface area contributed by atoms with Gasteiger partial charge in [0.2, 0.25) is 0 Å². The normalized spacial score (nSPS) is 13.9. The second-order valence-electron chi connectivity index (χ2n) is 7.48. The highest BCUT2D eigenvalue weighted by Crippen LogP contribution is 2.39. The summed E-state index contributed by atoms with van der Waals surface area (Å²) in [5.74, 6) is 0. The van der Waals surface area contributed by atoms with Gasteiger partial charge in [0, 0.05) is 16.0 Å². The number of hydrogen-bond acceptors (Lipinski definition) is 3. The van der Waals surface area contributed by atoms with Gasteiger partial charge in [-0.1, -0.05) is 79.4 Å². The first kappa shape index (κ1) is 23.8. The molecule has 0 saturated carbocycles. The van der Waals surface area contributed by atoms with E-state index in [1.54, 1.807) is 11.3 Å². The number of aromatic nitrogens is 1. The molecule has 0 fully saturated rings. The van der Waals surface area contributed by atoms with E-state index in [1.807, 2.05) is 11.6 Å². The molecule has 2 rings (SSSR count). The second-order valence-corrected chi connectivity index (χ2v) is 9.23. The lowest BCUT2D eigenvalue weighted by Gasteiger charge is -2.24. The van der Waals surface area contributed by atoms with Crippen LogP contribution in [-0.4, -0.2) is 10.7 Å². The minimum Gasteiger partial charge on any atom is -0.274 e. The molecule has 0 N–H and O–H groups in total. The molecular formula is C25H33BrN2S. The number of allylic oxidation sites excluding steroid dienone is 1. The van der Waals surface area contributed by atoms with Crippen LogP contribution in [0, 0.1) is 0 Å². The summed E-state index contributed by atoms with van der Waals surface area (Å²) in [5, 5.41) is 2.98. The standard InChI is InChI=1S/C25H33BrN2S/c1-6-8-9-13-19(4)23(18(3)12-7-2)24(21-14-10-11-15-22(21)26)28-20(5)25-27-16-17-29-25/h10-11,14-17,24H,3,6-9,12-13H2,1-2,4-5H3/b23-19+,28-20+. The Balaban J connectivity index is 2.60. The Morgan fingerprint density at radius 1 is 1.14 bits per heavy atom. The lowest BCUT2D eigenvalue weighted by molar-refractivity contribution is 0.698. The number of nitrogens with zero attached hydrogens (tertiary/aromatic N) is 2. The molecule has 0 aliphatic heterocycles. The number of halogens is 1. The molecule has 0 amide bonds. The molecule has 1 atom stereocenters. The number of rotatable bonds is 11. The van der Waals surface area contributed by atoms with Gasteiger partial charge in [-0.25, -0.2) is 4.98 Å². The summed E-state index contributed by atoms with van der Waals surface area (Å²) in [4.78, 5) is 9.69. The lowest BCUT2D eigenvalue weighted by Crippen LogP contribution is -2.09. The van der Waals surface area contributed by atoms with Gasteiger partial charge in [-0.3, -0.25) is 4.99 Å². The van der Waals surface area contributed by atoms with E-state index in [0.29, 0.717) is 0 Å². The van der Waals surface area contributed by atoms with Gasteiger partial charge in [-0.15, -0.1) is 11.3 Å². The Labute approximate surface area is 189 Å². The van der Waals surface area contributed by atoms with Gasteiger partial charge in [0.25, 0.3) is 0 Å². The van der Waals surface area contributed by atoms with Crippen molar-refractivity contribution in [1.29, 1.82) is 0 Å². The SMILES string of the molecule is C=C(CCC)/C(=C(/C)CCCCC)C(/N=C(\C)c1nccs1)c1ccccc1Br. The van der Waals surface area contributed by atoms with Crippen molar-refractivity contribution in [1.82, 2.24) is 4.98 Å². The highest BCUT2D eigenvalue weighted by atomic mass is 79.9. The zero-order chi connectivity index (χ0) is 21.2. The number of benzene rings is 1. The molecule has 1 aromatic heterocycles. The van der Waals surface area contributed by atoms with Crippen LogP contribution in [0.3, 0.4) is 0 Å². The van der Waals surface area contributed by atoms with Gasteiger partial charge in [0.15, 0.2) is 0 Å². The van der Waals surface area contributed by atoms with E-state index in [1.165, 1.54) is 41.5 Å². The topological polar surface area (TPSA) is 25.2 Å². The predicted molar refractivity (Wildman–Crippen MR) is 132 cm³/mol. The first-order valence-corrected chi connectivity index (χ1v) is 12.2. The Bertz CT molecular complexity index is 849. The monoisotopic (exact) mass is 472 g/mol. The van der Waals surface area contributed by atoms with Crippen LogP contribution in [0.5, 0.6) is 0 Å². The summed E-state index contributed by atoms with van der Waals surface area (Å²) in [7, 11) is 0. The largest absolute Gasteiger partial charge is 0.274 e. The molecular weight excluding hydrogens is 440 g/mol. The maximum atomic E-state index is 5.22. The summed E-state index contributed by atoms with van der Waals surface area (Å²) in [6.45, 7) is 13.3. The first-order valence-electron chi connectivity index (χ1n) is 10.6. The van der Waals surface area contributed by atoms with Crippen molar-refractivity contribution >= 4 is 33.0 Å². The van der Waals surface area contributed by atoms with Crippen LogP contribution in [0.1, 0.15) is 82.8 Å². The fourth-order valence-electron chi connectivity index (χ4n) is 3.58. The number of unbranched alkanes of at least 4 members (excludes halogenated alkanes) is 2. The molecule has 0 aliphatic rings. The summed E-state index contributed by atoms with van der Waals surface area (Å²) in [6.07, 6.45) is 8.71. The lowest BCUT2D eigenvalue weighted by atomic mass is 9.86. The summed E-state index contributed by atoms with van der Waals surface area (Å²) < 4.78 is 1.09. The van der Waals surface area contributed by atoms with E-state index in [4.69, 9.17) is 4.99 Å². The van der Waals surface area contributed by atoms with Crippen molar-refractivity contribution in [3.8, 4) is 0 Å². The van der Waals surface area contributed by atoms with Crippen molar-refractivity contribution in [2.75, 3.05) is 0 Å². The number of aliphatic imine (C=N–C) groups is 1.